The van der Waals surface area contributed by atoms with Gasteiger partial charge in [0.15, 0.2) is 0 Å². The molecule has 0 bridgehead atoms. The van der Waals surface area contributed by atoms with Crippen LogP contribution in [0.25, 0.3) is 23.0 Å². The Balaban J connectivity index is 0.00000196. The van der Waals surface area contributed by atoms with Gasteiger partial charge in [0.2, 0.25) is 0 Å². The Labute approximate surface area is 166 Å². The van der Waals surface area contributed by atoms with Crippen LogP contribution in [-0.2, 0) is 20.1 Å². The molecule has 6 heteroatoms. The van der Waals surface area contributed by atoms with Gasteiger partial charge in [-0.25, -0.2) is 9.67 Å². The van der Waals surface area contributed by atoms with Crippen molar-refractivity contribution in [1.82, 2.24) is 24.5 Å². The van der Waals surface area contributed by atoms with Crippen LogP contribution >= 0.6 is 0 Å². The molecule has 133 valence electrons. The molecule has 0 unspecified atom stereocenters. The van der Waals surface area contributed by atoms with Crippen LogP contribution in [0.1, 0.15) is 16.7 Å². The first-order chi connectivity index (χ1) is 12.1. The zero-order chi connectivity index (χ0) is 17.4. The first-order valence-corrected chi connectivity index (χ1v) is 8.16. The fraction of sp³-hybridized carbons (Fsp3) is 0.150. The average molecular weight is 521 g/mol. The van der Waals surface area contributed by atoms with E-state index >= 15 is 0 Å². The fourth-order valence-electron chi connectivity index (χ4n) is 3.15. The van der Waals surface area contributed by atoms with Crippen LogP contribution in [0.15, 0.2) is 54.9 Å². The van der Waals surface area contributed by atoms with Crippen molar-refractivity contribution in [2.75, 3.05) is 0 Å². The maximum absolute atomic E-state index is 4.74. The van der Waals surface area contributed by atoms with E-state index in [0.717, 1.165) is 28.2 Å². The van der Waals surface area contributed by atoms with Crippen molar-refractivity contribution in [2.24, 2.45) is 0 Å². The molecule has 0 aliphatic rings. The Morgan fingerprint density at radius 3 is 2.38 bits per heavy atom. The molecular weight excluding hydrogens is 502 g/mol. The number of hydrogen-bond donors (Lipinski definition) is 0. The Kier molecular flexibility index (Phi) is 5.16. The first kappa shape index (κ1) is 18.2. The second-order valence-electron chi connectivity index (χ2n) is 6.12. The van der Waals surface area contributed by atoms with Gasteiger partial charge in [-0.2, -0.15) is 5.10 Å². The second-order valence-corrected chi connectivity index (χ2v) is 6.12. The molecule has 0 spiro atoms. The summed E-state index contributed by atoms with van der Waals surface area (Å²) in [5, 5.41) is 8.99. The van der Waals surface area contributed by atoms with Gasteiger partial charge < -0.3 is 0 Å². The van der Waals surface area contributed by atoms with E-state index in [0.29, 0.717) is 5.95 Å². The molecule has 2 heterocycles. The van der Waals surface area contributed by atoms with Gasteiger partial charge in [-0.05, 0) is 38.0 Å². The number of aryl methyl sites for hydroxylation is 3. The summed E-state index contributed by atoms with van der Waals surface area (Å²) in [6.07, 6.45) is 3.56. The van der Waals surface area contributed by atoms with Crippen LogP contribution in [-0.4, -0.2) is 24.5 Å². The van der Waals surface area contributed by atoms with Crippen molar-refractivity contribution in [3.8, 4) is 23.0 Å². The molecule has 0 aliphatic carbocycles. The van der Waals surface area contributed by atoms with Gasteiger partial charge in [0.25, 0.3) is 5.95 Å². The second kappa shape index (κ2) is 7.36. The number of aromatic nitrogens is 5. The molecule has 26 heavy (non-hydrogen) atoms. The van der Waals surface area contributed by atoms with Gasteiger partial charge in [-0.3, -0.25) is 4.68 Å². The molecule has 2 aromatic carbocycles. The summed E-state index contributed by atoms with van der Waals surface area (Å²) in [5.74, 6) is 1.29. The minimum atomic E-state index is 0. The van der Waals surface area contributed by atoms with Crippen molar-refractivity contribution in [2.45, 2.75) is 20.8 Å². The average Bonchev–Trinajstić information content (AvgIpc) is 3.24. The largest absolute Gasteiger partial charge is 0.260 e. The molecule has 4 rings (SSSR count). The van der Waals surface area contributed by atoms with Crippen molar-refractivity contribution < 1.29 is 20.1 Å². The van der Waals surface area contributed by atoms with Crippen LogP contribution in [0.2, 0.25) is 0 Å². The van der Waals surface area contributed by atoms with Crippen LogP contribution in [0, 0.1) is 26.8 Å². The smallest absolute Gasteiger partial charge is 0.251 e. The molecule has 0 N–H and O–H groups in total. The fourth-order valence-corrected chi connectivity index (χ4v) is 3.15. The third-order valence-corrected chi connectivity index (χ3v) is 4.10. The summed E-state index contributed by atoms with van der Waals surface area (Å²) in [6, 6.07) is 17.2. The molecule has 0 saturated carbocycles. The molecule has 0 fully saturated rings. The minimum Gasteiger partial charge on any atom is -0.251 e. The number of benzene rings is 2. The Hall–Kier alpha value is -2.56. The van der Waals surface area contributed by atoms with E-state index in [-0.39, 0.29) is 20.1 Å². The van der Waals surface area contributed by atoms with E-state index in [1.54, 1.807) is 10.9 Å². The third kappa shape index (κ3) is 3.26. The van der Waals surface area contributed by atoms with E-state index in [1.165, 1.54) is 5.56 Å². The van der Waals surface area contributed by atoms with Crippen molar-refractivity contribution >= 4 is 0 Å². The number of rotatable bonds is 3. The third-order valence-electron chi connectivity index (χ3n) is 4.10. The van der Waals surface area contributed by atoms with E-state index < -0.39 is 0 Å². The van der Waals surface area contributed by atoms with Crippen LogP contribution in [0.4, 0.5) is 0 Å². The summed E-state index contributed by atoms with van der Waals surface area (Å²) in [6.45, 7) is 6.30. The Morgan fingerprint density at radius 1 is 1.00 bits per heavy atom. The molecule has 0 amide bonds. The van der Waals surface area contributed by atoms with Gasteiger partial charge in [0, 0.05) is 32.5 Å². The van der Waals surface area contributed by atoms with Crippen molar-refractivity contribution in [3.05, 3.63) is 77.6 Å². The van der Waals surface area contributed by atoms with Gasteiger partial charge in [0.1, 0.15) is 0 Å². The zero-order valence-electron chi connectivity index (χ0n) is 14.8. The predicted molar refractivity (Wildman–Crippen MR) is 97.0 cm³/mol. The van der Waals surface area contributed by atoms with E-state index in [4.69, 9.17) is 10.1 Å². The van der Waals surface area contributed by atoms with Gasteiger partial charge in [-0.15, -0.1) is 41.0 Å². The summed E-state index contributed by atoms with van der Waals surface area (Å²) < 4.78 is 3.56. The molecule has 2 aromatic heterocycles. The maximum atomic E-state index is 4.74. The number of nitrogens with zero attached hydrogens (tertiary/aromatic N) is 5. The topological polar surface area (TPSA) is 48.5 Å². The van der Waals surface area contributed by atoms with Crippen molar-refractivity contribution in [3.63, 3.8) is 0 Å². The molecular formula is C20H18IrN5-. The van der Waals surface area contributed by atoms with Crippen LogP contribution < -0.4 is 0 Å². The first-order valence-electron chi connectivity index (χ1n) is 8.16. The molecule has 1 radical (unpaired) electrons. The molecule has 0 aliphatic heterocycles. The number of hydrogen-bond acceptors (Lipinski definition) is 3. The van der Waals surface area contributed by atoms with E-state index in [2.05, 4.69) is 44.1 Å². The van der Waals surface area contributed by atoms with E-state index in [9.17, 15) is 0 Å². The predicted octanol–water partition coefficient (Wildman–Crippen LogP) is 3.84. The summed E-state index contributed by atoms with van der Waals surface area (Å²) in [7, 11) is 0. The maximum Gasteiger partial charge on any atom is 0.260 e. The SMILES string of the molecule is Cc1cc(C)c(-n2nc(-n3cccn3)nc2-c2[c-]cccc2)c(C)c1.[Ir]. The van der Waals surface area contributed by atoms with Crippen LogP contribution in [0.5, 0.6) is 0 Å². The summed E-state index contributed by atoms with van der Waals surface area (Å²) in [5.41, 5.74) is 5.49. The minimum absolute atomic E-state index is 0. The normalized spacial score (nSPS) is 10.6. The van der Waals surface area contributed by atoms with Crippen molar-refractivity contribution in [1.29, 1.82) is 0 Å². The summed E-state index contributed by atoms with van der Waals surface area (Å²) >= 11 is 0. The van der Waals surface area contributed by atoms with Gasteiger partial charge in [-0.1, -0.05) is 17.7 Å². The summed E-state index contributed by atoms with van der Waals surface area (Å²) in [4.78, 5) is 4.73. The van der Waals surface area contributed by atoms with Gasteiger partial charge in [0.05, 0.1) is 11.5 Å². The zero-order valence-corrected chi connectivity index (χ0v) is 17.2. The van der Waals surface area contributed by atoms with Crippen LogP contribution in [0.3, 0.4) is 0 Å². The molecule has 5 nitrogen and oxygen atoms in total. The monoisotopic (exact) mass is 521 g/mol. The molecule has 4 aromatic rings. The van der Waals surface area contributed by atoms with Gasteiger partial charge >= 0.3 is 0 Å². The molecule has 0 saturated heterocycles. The quantitative estimate of drug-likeness (QED) is 0.386. The standard InChI is InChI=1S/C20H18N5.Ir/c1-14-12-15(2)18(16(3)13-14)25-19(17-8-5-4-6-9-17)22-20(23-25)24-11-7-10-21-24;/h4-8,10-13H,1-3H3;/q-1;. The molecule has 0 atom stereocenters. The van der Waals surface area contributed by atoms with E-state index in [1.807, 2.05) is 41.2 Å². The Bertz CT molecular complexity index is 997. The Morgan fingerprint density at radius 2 is 1.77 bits per heavy atom.